The Balaban J connectivity index is 1.45. The lowest BCUT2D eigenvalue weighted by Crippen LogP contribution is -2.33. The molecule has 194 valence electrons. The van der Waals surface area contributed by atoms with Gasteiger partial charge in [-0.15, -0.1) is 0 Å². The van der Waals surface area contributed by atoms with Crippen LogP contribution in [0.5, 0.6) is 0 Å². The summed E-state index contributed by atoms with van der Waals surface area (Å²) in [6.07, 6.45) is 4.77. The first-order valence-electron chi connectivity index (χ1n) is 12.9. The number of benzene rings is 1. The molecular formula is C30H32N6OS. The number of nitrogens with one attached hydrogen (secondary N) is 2. The minimum Gasteiger partial charge on any atom is -0.352 e. The van der Waals surface area contributed by atoms with Crippen LogP contribution in [0.15, 0.2) is 79.1 Å². The van der Waals surface area contributed by atoms with Gasteiger partial charge in [-0.3, -0.25) is 9.78 Å². The van der Waals surface area contributed by atoms with Crippen molar-refractivity contribution in [3.8, 4) is 5.82 Å². The predicted octanol–water partition coefficient (Wildman–Crippen LogP) is 5.45. The van der Waals surface area contributed by atoms with Crippen molar-refractivity contribution in [3.05, 3.63) is 107 Å². The van der Waals surface area contributed by atoms with Gasteiger partial charge in [-0.25, -0.2) is 4.98 Å². The first kappa shape index (κ1) is 25.6. The molecule has 4 aromatic rings. The number of anilines is 1. The third-order valence-corrected chi connectivity index (χ3v) is 7.47. The summed E-state index contributed by atoms with van der Waals surface area (Å²) >= 11 is 5.83. The third kappa shape index (κ3) is 5.04. The molecule has 3 aromatic heterocycles. The molecule has 2 N–H and O–H groups in total. The van der Waals surface area contributed by atoms with Crippen molar-refractivity contribution < 1.29 is 4.79 Å². The first-order valence-corrected chi connectivity index (χ1v) is 13.3. The fourth-order valence-corrected chi connectivity index (χ4v) is 5.63. The van der Waals surface area contributed by atoms with Gasteiger partial charge in [-0.2, -0.15) is 0 Å². The molecule has 0 aliphatic carbocycles. The Morgan fingerprint density at radius 2 is 1.76 bits per heavy atom. The number of pyridine rings is 2. The zero-order valence-corrected chi connectivity index (χ0v) is 22.7. The summed E-state index contributed by atoms with van der Waals surface area (Å²) in [5.41, 5.74) is 6.20. The highest BCUT2D eigenvalue weighted by atomic mass is 32.1. The summed E-state index contributed by atoms with van der Waals surface area (Å²) in [5, 5.41) is 7.20. The van der Waals surface area contributed by atoms with Crippen LogP contribution in [0.2, 0.25) is 0 Å². The molecule has 8 heteroatoms. The maximum absolute atomic E-state index is 13.0. The van der Waals surface area contributed by atoms with Gasteiger partial charge in [0.2, 0.25) is 5.91 Å². The van der Waals surface area contributed by atoms with Crippen molar-refractivity contribution in [2.24, 2.45) is 0 Å². The highest BCUT2D eigenvalue weighted by Gasteiger charge is 2.41. The van der Waals surface area contributed by atoms with E-state index < -0.39 is 0 Å². The lowest BCUT2D eigenvalue weighted by molar-refractivity contribution is -0.116. The van der Waals surface area contributed by atoms with Crippen LogP contribution in [0.3, 0.4) is 0 Å². The second kappa shape index (κ2) is 11.1. The number of hydrogen-bond donors (Lipinski definition) is 2. The van der Waals surface area contributed by atoms with E-state index in [1.807, 2.05) is 60.7 Å². The minimum atomic E-state index is -0.148. The molecular weight excluding hydrogens is 492 g/mol. The van der Waals surface area contributed by atoms with Gasteiger partial charge in [0.15, 0.2) is 5.11 Å². The highest BCUT2D eigenvalue weighted by molar-refractivity contribution is 7.80. The largest absolute Gasteiger partial charge is 0.352 e. The lowest BCUT2D eigenvalue weighted by Gasteiger charge is -2.28. The summed E-state index contributed by atoms with van der Waals surface area (Å²) < 4.78 is 2.17. The number of nitrogens with zero attached hydrogens (tertiary/aromatic N) is 4. The third-order valence-electron chi connectivity index (χ3n) is 7.12. The lowest BCUT2D eigenvalue weighted by atomic mass is 9.96. The number of para-hydroxylation sites is 1. The molecule has 2 unspecified atom stereocenters. The average Bonchev–Trinajstić information content (AvgIpc) is 3.42. The van der Waals surface area contributed by atoms with Gasteiger partial charge >= 0.3 is 0 Å². The van der Waals surface area contributed by atoms with E-state index in [2.05, 4.69) is 56.9 Å². The van der Waals surface area contributed by atoms with Crippen molar-refractivity contribution in [1.29, 1.82) is 0 Å². The topological polar surface area (TPSA) is 75.1 Å². The first-order chi connectivity index (χ1) is 18.5. The molecule has 1 amide bonds. The number of thiocarbonyl (C=S) groups is 1. The summed E-state index contributed by atoms with van der Waals surface area (Å²) in [4.78, 5) is 24.4. The second-order valence-electron chi connectivity index (χ2n) is 9.48. The molecule has 4 heterocycles. The summed E-state index contributed by atoms with van der Waals surface area (Å²) in [5.74, 6) is 0.838. The number of hydrogen-bond acceptors (Lipinski definition) is 4. The molecule has 7 nitrogen and oxygen atoms in total. The molecule has 0 bridgehead atoms. The molecule has 5 rings (SSSR count). The Kier molecular flexibility index (Phi) is 7.51. The Morgan fingerprint density at radius 1 is 1.03 bits per heavy atom. The fraction of sp³-hybridized carbons (Fsp3) is 0.267. The van der Waals surface area contributed by atoms with Gasteiger partial charge in [0.25, 0.3) is 0 Å². The van der Waals surface area contributed by atoms with Gasteiger partial charge in [0.05, 0.1) is 17.8 Å². The zero-order chi connectivity index (χ0) is 26.6. The number of aryl methyl sites for hydroxylation is 2. The van der Waals surface area contributed by atoms with Gasteiger partial charge < -0.3 is 20.1 Å². The number of aromatic nitrogens is 3. The van der Waals surface area contributed by atoms with Crippen molar-refractivity contribution >= 4 is 28.9 Å². The van der Waals surface area contributed by atoms with Crippen LogP contribution >= 0.6 is 12.2 Å². The van der Waals surface area contributed by atoms with Crippen molar-refractivity contribution in [1.82, 2.24) is 24.8 Å². The van der Waals surface area contributed by atoms with Crippen LogP contribution in [0.1, 0.15) is 53.6 Å². The second-order valence-corrected chi connectivity index (χ2v) is 9.87. The van der Waals surface area contributed by atoms with E-state index >= 15 is 0 Å². The maximum atomic E-state index is 13.0. The smallest absolute Gasteiger partial charge is 0.226 e. The molecule has 1 aromatic carbocycles. The minimum absolute atomic E-state index is 0.0345. The predicted molar refractivity (Wildman–Crippen MR) is 154 cm³/mol. The molecule has 2 atom stereocenters. The molecule has 0 saturated carbocycles. The SMILES string of the molecule is CCc1ccccc1NC(=O)CCN1C(=S)NC(c2ccccn2)C1c1cc(C)n(-c2ccccn2)c1C. The van der Waals surface area contributed by atoms with Crippen LogP contribution in [0.4, 0.5) is 5.69 Å². The summed E-state index contributed by atoms with van der Waals surface area (Å²) in [6, 6.07) is 21.7. The van der Waals surface area contributed by atoms with Gasteiger partial charge in [-0.1, -0.05) is 37.3 Å². The fourth-order valence-electron chi connectivity index (χ4n) is 5.30. The van der Waals surface area contributed by atoms with Gasteiger partial charge in [0, 0.05) is 42.4 Å². The van der Waals surface area contributed by atoms with E-state index in [4.69, 9.17) is 12.2 Å². The van der Waals surface area contributed by atoms with E-state index in [-0.39, 0.29) is 18.0 Å². The van der Waals surface area contributed by atoms with Crippen LogP contribution in [-0.2, 0) is 11.2 Å². The number of carbonyl (C=O) groups is 1. The van der Waals surface area contributed by atoms with E-state index in [9.17, 15) is 4.79 Å². The van der Waals surface area contributed by atoms with Crippen LogP contribution in [0.25, 0.3) is 5.82 Å². The van der Waals surface area contributed by atoms with Crippen molar-refractivity contribution in [3.63, 3.8) is 0 Å². The van der Waals surface area contributed by atoms with E-state index in [1.165, 1.54) is 0 Å². The summed E-state index contributed by atoms with van der Waals surface area (Å²) in [6.45, 7) is 6.77. The Hall–Kier alpha value is -4.04. The number of amides is 1. The molecule has 1 aliphatic rings. The van der Waals surface area contributed by atoms with Crippen molar-refractivity contribution in [2.75, 3.05) is 11.9 Å². The molecule has 1 saturated heterocycles. The van der Waals surface area contributed by atoms with Crippen LogP contribution in [0, 0.1) is 13.8 Å². The molecule has 1 fully saturated rings. The standard InChI is InChI=1S/C30H32N6OS/c1-4-22-11-5-6-12-24(22)33-27(37)15-18-35-29(28(34-30(35)38)25-13-7-9-16-31-25)23-19-20(2)36(21(23)3)26-14-8-10-17-32-26/h5-14,16-17,19,28-29H,4,15,18H2,1-3H3,(H,33,37)(H,34,38). The normalized spacial score (nSPS) is 16.9. The van der Waals surface area contributed by atoms with Crippen LogP contribution in [-0.4, -0.2) is 37.0 Å². The number of carbonyl (C=O) groups excluding carboxylic acids is 1. The molecule has 0 radical (unpaired) electrons. The van der Waals surface area contributed by atoms with E-state index in [0.717, 1.165) is 46.1 Å². The van der Waals surface area contributed by atoms with Gasteiger partial charge in [-0.05, 0) is 80.0 Å². The average molecular weight is 525 g/mol. The highest BCUT2D eigenvalue weighted by Crippen LogP contribution is 2.41. The zero-order valence-electron chi connectivity index (χ0n) is 21.9. The van der Waals surface area contributed by atoms with E-state index in [1.54, 1.807) is 12.4 Å². The van der Waals surface area contributed by atoms with E-state index in [0.29, 0.717) is 18.1 Å². The molecule has 38 heavy (non-hydrogen) atoms. The monoisotopic (exact) mass is 524 g/mol. The van der Waals surface area contributed by atoms with Gasteiger partial charge in [0.1, 0.15) is 5.82 Å². The van der Waals surface area contributed by atoms with Crippen LogP contribution < -0.4 is 10.6 Å². The number of rotatable bonds is 8. The van der Waals surface area contributed by atoms with Crippen molar-refractivity contribution in [2.45, 2.75) is 45.7 Å². The Bertz CT molecular complexity index is 1440. The molecule has 0 spiro atoms. The Morgan fingerprint density at radius 3 is 2.47 bits per heavy atom. The molecule has 1 aliphatic heterocycles. The Labute approximate surface area is 228 Å². The quantitative estimate of drug-likeness (QED) is 0.299. The maximum Gasteiger partial charge on any atom is 0.226 e. The summed E-state index contributed by atoms with van der Waals surface area (Å²) in [7, 11) is 0.